The molecule has 0 heterocycles. The van der Waals surface area contributed by atoms with Gasteiger partial charge in [-0.3, -0.25) is 0 Å². The predicted molar refractivity (Wildman–Crippen MR) is 102 cm³/mol. The van der Waals surface area contributed by atoms with Gasteiger partial charge in [-0.05, 0) is 50.3 Å². The van der Waals surface area contributed by atoms with Gasteiger partial charge in [-0.15, -0.1) is 0 Å². The minimum absolute atomic E-state index is 0.299. The van der Waals surface area contributed by atoms with Gasteiger partial charge in [0.2, 0.25) is 0 Å². The van der Waals surface area contributed by atoms with Crippen LogP contribution < -0.4 is 0 Å². The fourth-order valence-electron chi connectivity index (χ4n) is 2.11. The molecule has 2 unspecified atom stereocenters. The summed E-state index contributed by atoms with van der Waals surface area (Å²) < 4.78 is 10.6. The van der Waals surface area contributed by atoms with Crippen molar-refractivity contribution in [2.24, 2.45) is 0 Å². The van der Waals surface area contributed by atoms with Crippen molar-refractivity contribution in [2.45, 2.75) is 26.1 Å². The normalized spacial score (nSPS) is 13.2. The van der Waals surface area contributed by atoms with Crippen molar-refractivity contribution >= 4 is 35.1 Å². The third-order valence-corrected chi connectivity index (χ3v) is 4.09. The second-order valence-electron chi connectivity index (χ2n) is 5.57. The number of esters is 2. The van der Waals surface area contributed by atoms with E-state index < -0.39 is 24.1 Å². The minimum atomic E-state index is -0.520. The average Bonchev–Trinajstić information content (AvgIpc) is 2.60. The van der Waals surface area contributed by atoms with Gasteiger partial charge in [0.05, 0.1) is 21.2 Å². The molecule has 0 N–H and O–H groups in total. The molecule has 0 radical (unpaired) electrons. The fourth-order valence-corrected chi connectivity index (χ4v) is 2.54. The highest BCUT2D eigenvalue weighted by atomic mass is 35.5. The molecule has 0 bridgehead atoms. The highest BCUT2D eigenvalue weighted by Crippen LogP contribution is 2.18. The van der Waals surface area contributed by atoms with Gasteiger partial charge < -0.3 is 9.47 Å². The van der Waals surface area contributed by atoms with E-state index in [1.807, 2.05) is 0 Å². The summed E-state index contributed by atoms with van der Waals surface area (Å²) in [6, 6.07) is 13.3. The van der Waals surface area contributed by atoms with E-state index in [0.29, 0.717) is 21.2 Å². The van der Waals surface area contributed by atoms with E-state index in [1.165, 1.54) is 0 Å². The second kappa shape index (κ2) is 9.41. The third-order valence-electron chi connectivity index (χ3n) is 3.43. The zero-order chi connectivity index (χ0) is 19.1. The number of carbonyl (C=O) groups excluding carboxylic acids is 2. The van der Waals surface area contributed by atoms with Gasteiger partial charge in [0.15, 0.2) is 0 Å². The molecule has 2 atom stereocenters. The van der Waals surface area contributed by atoms with Crippen molar-refractivity contribution < 1.29 is 19.1 Å². The largest absolute Gasteiger partial charge is 0.455 e. The third kappa shape index (κ3) is 5.61. The quantitative estimate of drug-likeness (QED) is 0.491. The number of carbonyl (C=O) groups is 2. The van der Waals surface area contributed by atoms with Crippen LogP contribution in [0.15, 0.2) is 60.7 Å². The molecule has 0 spiro atoms. The summed E-state index contributed by atoms with van der Waals surface area (Å²) in [4.78, 5) is 24.2. The summed E-state index contributed by atoms with van der Waals surface area (Å²) >= 11 is 11.9. The summed E-state index contributed by atoms with van der Waals surface area (Å²) in [5.74, 6) is -1.04. The molecule has 26 heavy (non-hydrogen) atoms. The van der Waals surface area contributed by atoms with Gasteiger partial charge in [-0.25, -0.2) is 9.59 Å². The zero-order valence-corrected chi connectivity index (χ0v) is 15.8. The highest BCUT2D eigenvalue weighted by molar-refractivity contribution is 6.34. The van der Waals surface area contributed by atoms with E-state index >= 15 is 0 Å². The lowest BCUT2D eigenvalue weighted by atomic mass is 10.2. The molecule has 2 rings (SSSR count). The summed E-state index contributed by atoms with van der Waals surface area (Å²) in [7, 11) is 0. The maximum absolute atomic E-state index is 12.1. The standard InChI is InChI=1S/C20H18Cl2O4/c1-13(25-19(23)15-7-3-5-9-17(15)21)11-12-14(2)26-20(24)16-8-4-6-10-18(16)22/h3-14H,1-2H3/b12-11+. The lowest BCUT2D eigenvalue weighted by Gasteiger charge is -2.13. The Morgan fingerprint density at radius 3 is 1.46 bits per heavy atom. The smallest absolute Gasteiger partial charge is 0.340 e. The lowest BCUT2D eigenvalue weighted by molar-refractivity contribution is 0.0388. The molecular weight excluding hydrogens is 375 g/mol. The number of halogens is 2. The average molecular weight is 393 g/mol. The Labute approximate surface area is 162 Å². The second-order valence-corrected chi connectivity index (χ2v) is 6.38. The van der Waals surface area contributed by atoms with Crippen LogP contribution in [-0.4, -0.2) is 24.1 Å². The first-order valence-electron chi connectivity index (χ1n) is 7.98. The Balaban J connectivity index is 1.90. The van der Waals surface area contributed by atoms with Gasteiger partial charge in [0, 0.05) is 0 Å². The van der Waals surface area contributed by atoms with E-state index in [2.05, 4.69) is 0 Å². The Morgan fingerprint density at radius 1 is 0.769 bits per heavy atom. The van der Waals surface area contributed by atoms with Crippen LogP contribution in [0.3, 0.4) is 0 Å². The van der Waals surface area contributed by atoms with E-state index in [1.54, 1.807) is 74.5 Å². The fraction of sp³-hybridized carbons (Fsp3) is 0.200. The first-order chi connectivity index (χ1) is 12.4. The van der Waals surface area contributed by atoms with Gasteiger partial charge in [0.1, 0.15) is 12.2 Å². The maximum Gasteiger partial charge on any atom is 0.340 e. The van der Waals surface area contributed by atoms with Crippen LogP contribution in [-0.2, 0) is 9.47 Å². The first kappa shape index (κ1) is 20.0. The molecule has 0 amide bonds. The van der Waals surface area contributed by atoms with E-state index in [9.17, 15) is 9.59 Å². The highest BCUT2D eigenvalue weighted by Gasteiger charge is 2.15. The SMILES string of the molecule is CC(/C=C/C(C)OC(=O)c1ccccc1Cl)OC(=O)c1ccccc1Cl. The Kier molecular flexibility index (Phi) is 7.25. The van der Waals surface area contributed by atoms with E-state index in [-0.39, 0.29) is 0 Å². The van der Waals surface area contributed by atoms with Crippen molar-refractivity contribution in [3.8, 4) is 0 Å². The minimum Gasteiger partial charge on any atom is -0.455 e. The zero-order valence-electron chi connectivity index (χ0n) is 14.3. The molecule has 0 fully saturated rings. The predicted octanol–water partition coefficient (Wildman–Crippen LogP) is 5.34. The number of ether oxygens (including phenoxy) is 2. The first-order valence-corrected chi connectivity index (χ1v) is 8.73. The van der Waals surface area contributed by atoms with E-state index in [0.717, 1.165) is 0 Å². The Bertz CT molecular complexity index is 749. The van der Waals surface area contributed by atoms with Gasteiger partial charge >= 0.3 is 11.9 Å². The topological polar surface area (TPSA) is 52.6 Å². The van der Waals surface area contributed by atoms with Crippen molar-refractivity contribution in [3.05, 3.63) is 81.9 Å². The molecule has 0 aliphatic carbocycles. The molecule has 0 saturated heterocycles. The van der Waals surface area contributed by atoms with Crippen LogP contribution in [0.25, 0.3) is 0 Å². The van der Waals surface area contributed by atoms with Crippen LogP contribution >= 0.6 is 23.2 Å². The molecular formula is C20H18Cl2O4. The molecule has 6 heteroatoms. The van der Waals surface area contributed by atoms with Gasteiger partial charge in [-0.2, -0.15) is 0 Å². The molecule has 2 aromatic carbocycles. The Morgan fingerprint density at radius 2 is 1.12 bits per heavy atom. The lowest BCUT2D eigenvalue weighted by Crippen LogP contribution is -2.16. The van der Waals surface area contributed by atoms with Crippen molar-refractivity contribution in [1.29, 1.82) is 0 Å². The summed E-state index contributed by atoms with van der Waals surface area (Å²) in [5, 5.41) is 0.659. The van der Waals surface area contributed by atoms with E-state index in [4.69, 9.17) is 32.7 Å². The van der Waals surface area contributed by atoms with Gasteiger partial charge in [0.25, 0.3) is 0 Å². The monoisotopic (exact) mass is 392 g/mol. The van der Waals surface area contributed by atoms with Crippen molar-refractivity contribution in [1.82, 2.24) is 0 Å². The molecule has 2 aromatic rings. The van der Waals surface area contributed by atoms with Crippen LogP contribution in [0.1, 0.15) is 34.6 Å². The summed E-state index contributed by atoms with van der Waals surface area (Å²) in [6.45, 7) is 3.40. The molecule has 0 aliphatic heterocycles. The van der Waals surface area contributed by atoms with Crippen LogP contribution in [0.4, 0.5) is 0 Å². The maximum atomic E-state index is 12.1. The van der Waals surface area contributed by atoms with Gasteiger partial charge in [-0.1, -0.05) is 47.5 Å². The Hall–Kier alpha value is -2.30. The number of hydrogen-bond donors (Lipinski definition) is 0. The summed E-state index contributed by atoms with van der Waals surface area (Å²) in [5.41, 5.74) is 0.597. The van der Waals surface area contributed by atoms with Crippen LogP contribution in [0, 0.1) is 0 Å². The van der Waals surface area contributed by atoms with Crippen molar-refractivity contribution in [3.63, 3.8) is 0 Å². The summed E-state index contributed by atoms with van der Waals surface area (Å²) in [6.07, 6.45) is 2.25. The molecule has 0 aliphatic rings. The molecule has 0 aromatic heterocycles. The molecule has 136 valence electrons. The number of hydrogen-bond acceptors (Lipinski definition) is 4. The number of rotatable bonds is 6. The molecule has 0 saturated carbocycles. The van der Waals surface area contributed by atoms with Crippen LogP contribution in [0.5, 0.6) is 0 Å². The van der Waals surface area contributed by atoms with Crippen molar-refractivity contribution in [2.75, 3.05) is 0 Å². The van der Waals surface area contributed by atoms with Crippen LogP contribution in [0.2, 0.25) is 10.0 Å². The number of benzene rings is 2. The molecule has 4 nitrogen and oxygen atoms in total.